The van der Waals surface area contributed by atoms with E-state index < -0.39 is 6.04 Å². The maximum atomic E-state index is 12.0. The fourth-order valence-corrected chi connectivity index (χ4v) is 2.05. The molecule has 2 aromatic carbocycles. The summed E-state index contributed by atoms with van der Waals surface area (Å²) in [7, 11) is 0. The maximum absolute atomic E-state index is 12.0. The molecule has 1 amide bonds. The van der Waals surface area contributed by atoms with Crippen molar-refractivity contribution >= 4 is 5.91 Å². The number of rotatable bonds is 5. The highest BCUT2D eigenvalue weighted by molar-refractivity contribution is 5.81. The minimum atomic E-state index is -0.675. The summed E-state index contributed by atoms with van der Waals surface area (Å²) in [6.45, 7) is 0.352. The molecule has 5 nitrogen and oxygen atoms in total. The fourth-order valence-electron chi connectivity index (χ4n) is 2.05. The van der Waals surface area contributed by atoms with Gasteiger partial charge in [-0.1, -0.05) is 24.3 Å². The maximum Gasteiger partial charge on any atom is 0.237 e. The van der Waals surface area contributed by atoms with Crippen LogP contribution in [0.3, 0.4) is 0 Å². The van der Waals surface area contributed by atoms with Gasteiger partial charge in [0.1, 0.15) is 5.75 Å². The van der Waals surface area contributed by atoms with Crippen molar-refractivity contribution in [3.63, 3.8) is 0 Å². The van der Waals surface area contributed by atoms with E-state index in [4.69, 9.17) is 11.0 Å². The van der Waals surface area contributed by atoms with Gasteiger partial charge in [-0.15, -0.1) is 0 Å². The van der Waals surface area contributed by atoms with Gasteiger partial charge in [0.15, 0.2) is 0 Å². The van der Waals surface area contributed by atoms with Crippen LogP contribution in [0.5, 0.6) is 5.75 Å². The quantitative estimate of drug-likeness (QED) is 0.777. The molecule has 4 N–H and O–H groups in total. The number of benzene rings is 2. The molecular weight excluding hydrogens is 278 g/mol. The van der Waals surface area contributed by atoms with E-state index in [0.29, 0.717) is 18.5 Å². The first-order chi connectivity index (χ1) is 10.6. The van der Waals surface area contributed by atoms with Crippen LogP contribution in [0.25, 0.3) is 0 Å². The molecule has 0 spiro atoms. The Labute approximate surface area is 129 Å². The average molecular weight is 295 g/mol. The Bertz CT molecular complexity index is 690. The number of nitrogens with zero attached hydrogens (tertiary/aromatic N) is 1. The molecule has 0 aliphatic heterocycles. The van der Waals surface area contributed by atoms with Crippen molar-refractivity contribution in [2.24, 2.45) is 5.73 Å². The van der Waals surface area contributed by atoms with E-state index in [1.807, 2.05) is 6.07 Å². The molecule has 1 atom stereocenters. The Morgan fingerprint density at radius 2 is 1.95 bits per heavy atom. The Morgan fingerprint density at radius 1 is 1.23 bits per heavy atom. The number of hydrogen-bond acceptors (Lipinski definition) is 4. The zero-order chi connectivity index (χ0) is 15.9. The van der Waals surface area contributed by atoms with Crippen LogP contribution in [0, 0.1) is 11.3 Å². The summed E-state index contributed by atoms with van der Waals surface area (Å²) in [5.74, 6) is -0.0698. The number of phenols is 1. The lowest BCUT2D eigenvalue weighted by Crippen LogP contribution is -2.41. The van der Waals surface area contributed by atoms with E-state index >= 15 is 0 Å². The molecular formula is C17H17N3O2. The minimum Gasteiger partial charge on any atom is -0.508 e. The molecule has 0 bridgehead atoms. The first kappa shape index (κ1) is 15.5. The lowest BCUT2D eigenvalue weighted by molar-refractivity contribution is -0.122. The largest absolute Gasteiger partial charge is 0.508 e. The average Bonchev–Trinajstić information content (AvgIpc) is 2.54. The second-order valence-corrected chi connectivity index (χ2v) is 5.01. The predicted molar refractivity (Wildman–Crippen MR) is 82.8 cm³/mol. The molecule has 0 aliphatic carbocycles. The lowest BCUT2D eigenvalue weighted by atomic mass is 10.0. The summed E-state index contributed by atoms with van der Waals surface area (Å²) < 4.78 is 0. The van der Waals surface area contributed by atoms with E-state index in [1.54, 1.807) is 42.5 Å². The molecule has 0 radical (unpaired) electrons. The van der Waals surface area contributed by atoms with Gasteiger partial charge in [0.05, 0.1) is 17.7 Å². The Hall–Kier alpha value is -2.84. The van der Waals surface area contributed by atoms with Crippen LogP contribution in [0.2, 0.25) is 0 Å². The van der Waals surface area contributed by atoms with Gasteiger partial charge in [-0.2, -0.15) is 5.26 Å². The van der Waals surface area contributed by atoms with Crippen LogP contribution >= 0.6 is 0 Å². The van der Waals surface area contributed by atoms with Crippen LogP contribution in [0.15, 0.2) is 48.5 Å². The molecule has 0 saturated carbocycles. The number of nitriles is 1. The highest BCUT2D eigenvalue weighted by atomic mass is 16.3. The van der Waals surface area contributed by atoms with Crippen LogP contribution in [0.4, 0.5) is 0 Å². The lowest BCUT2D eigenvalue weighted by Gasteiger charge is -2.12. The summed E-state index contributed by atoms with van der Waals surface area (Å²) in [5.41, 5.74) is 8.18. The third kappa shape index (κ3) is 4.33. The molecule has 2 rings (SSSR count). The van der Waals surface area contributed by atoms with E-state index in [0.717, 1.165) is 11.1 Å². The zero-order valence-corrected chi connectivity index (χ0v) is 12.0. The minimum absolute atomic E-state index is 0.184. The summed E-state index contributed by atoms with van der Waals surface area (Å²) in [4.78, 5) is 12.0. The summed E-state index contributed by atoms with van der Waals surface area (Å²) in [6, 6.07) is 15.0. The van der Waals surface area contributed by atoms with Gasteiger partial charge >= 0.3 is 0 Å². The summed E-state index contributed by atoms with van der Waals surface area (Å²) in [6.07, 6.45) is 0.372. The van der Waals surface area contributed by atoms with Gasteiger partial charge in [-0.3, -0.25) is 4.79 Å². The van der Waals surface area contributed by atoms with E-state index in [1.165, 1.54) is 0 Å². The van der Waals surface area contributed by atoms with Crippen molar-refractivity contribution in [2.45, 2.75) is 19.0 Å². The first-order valence-electron chi connectivity index (χ1n) is 6.88. The first-order valence-corrected chi connectivity index (χ1v) is 6.88. The number of nitrogens with two attached hydrogens (primary N) is 1. The molecule has 22 heavy (non-hydrogen) atoms. The van der Waals surface area contributed by atoms with Crippen molar-refractivity contribution in [1.82, 2.24) is 5.32 Å². The molecule has 0 aliphatic rings. The Kier molecular flexibility index (Phi) is 5.12. The van der Waals surface area contributed by atoms with Gasteiger partial charge in [0, 0.05) is 6.54 Å². The normalized spacial score (nSPS) is 11.5. The van der Waals surface area contributed by atoms with E-state index in [9.17, 15) is 9.90 Å². The number of amides is 1. The fraction of sp³-hybridized carbons (Fsp3) is 0.176. The smallest absolute Gasteiger partial charge is 0.237 e. The second kappa shape index (κ2) is 7.25. The van der Waals surface area contributed by atoms with Gasteiger partial charge in [-0.25, -0.2) is 0 Å². The van der Waals surface area contributed by atoms with Gasteiger partial charge in [-0.05, 0) is 41.8 Å². The molecule has 112 valence electrons. The number of aromatic hydroxyl groups is 1. The van der Waals surface area contributed by atoms with E-state index in [2.05, 4.69) is 11.4 Å². The highest BCUT2D eigenvalue weighted by Gasteiger charge is 2.14. The molecule has 1 unspecified atom stereocenters. The number of carbonyl (C=O) groups excluding carboxylic acids is 1. The monoisotopic (exact) mass is 295 g/mol. The number of hydrogen-bond donors (Lipinski definition) is 3. The highest BCUT2D eigenvalue weighted by Crippen LogP contribution is 2.10. The van der Waals surface area contributed by atoms with Crippen molar-refractivity contribution in [2.75, 3.05) is 0 Å². The topological polar surface area (TPSA) is 99.1 Å². The predicted octanol–water partition coefficient (Wildman–Crippen LogP) is 1.45. The van der Waals surface area contributed by atoms with Crippen molar-refractivity contribution < 1.29 is 9.90 Å². The molecule has 2 aromatic rings. The third-order valence-electron chi connectivity index (χ3n) is 3.25. The zero-order valence-electron chi connectivity index (χ0n) is 12.0. The second-order valence-electron chi connectivity index (χ2n) is 5.01. The van der Waals surface area contributed by atoms with Gasteiger partial charge < -0.3 is 16.2 Å². The Balaban J connectivity index is 1.89. The van der Waals surface area contributed by atoms with Crippen LogP contribution in [-0.4, -0.2) is 17.1 Å². The number of phenolic OH excluding ortho intramolecular Hbond substituents is 1. The number of carbonyl (C=O) groups is 1. The molecule has 0 saturated heterocycles. The van der Waals surface area contributed by atoms with Gasteiger partial charge in [0.25, 0.3) is 0 Å². The van der Waals surface area contributed by atoms with E-state index in [-0.39, 0.29) is 11.7 Å². The van der Waals surface area contributed by atoms with Crippen molar-refractivity contribution in [3.05, 3.63) is 65.2 Å². The van der Waals surface area contributed by atoms with Crippen molar-refractivity contribution in [1.29, 1.82) is 5.26 Å². The van der Waals surface area contributed by atoms with Crippen molar-refractivity contribution in [3.8, 4) is 11.8 Å². The van der Waals surface area contributed by atoms with Gasteiger partial charge in [0.2, 0.25) is 5.91 Å². The SMILES string of the molecule is N#Cc1cccc(CC(N)C(=O)NCc2ccc(O)cc2)c1. The third-order valence-corrected chi connectivity index (χ3v) is 3.25. The Morgan fingerprint density at radius 3 is 2.64 bits per heavy atom. The number of nitrogens with one attached hydrogen (secondary N) is 1. The molecule has 0 heterocycles. The standard InChI is InChI=1S/C17H17N3O2/c18-10-14-3-1-2-13(8-14)9-16(19)17(22)20-11-12-4-6-15(21)7-5-12/h1-8,16,21H,9,11,19H2,(H,20,22). The molecule has 0 aromatic heterocycles. The van der Waals surface area contributed by atoms with Crippen LogP contribution < -0.4 is 11.1 Å². The molecule has 0 fully saturated rings. The summed E-state index contributed by atoms with van der Waals surface area (Å²) in [5, 5.41) is 20.8. The van der Waals surface area contributed by atoms with Crippen LogP contribution in [0.1, 0.15) is 16.7 Å². The summed E-state index contributed by atoms with van der Waals surface area (Å²) >= 11 is 0. The molecule has 5 heteroatoms. The van der Waals surface area contributed by atoms with Crippen LogP contribution in [-0.2, 0) is 17.8 Å².